The molecule has 1 unspecified atom stereocenters. The maximum Gasteiger partial charge on any atom is 0.0319 e. The van der Waals surface area contributed by atoms with E-state index in [1.165, 1.54) is 31.5 Å². The van der Waals surface area contributed by atoms with Crippen molar-refractivity contribution in [3.8, 4) is 0 Å². The van der Waals surface area contributed by atoms with Crippen molar-refractivity contribution >= 4 is 5.69 Å². The van der Waals surface area contributed by atoms with Crippen LogP contribution in [0, 0.1) is 11.3 Å². The molecule has 1 aromatic rings. The van der Waals surface area contributed by atoms with E-state index in [0.29, 0.717) is 11.5 Å². The minimum absolute atomic E-state index is 0.455. The second kappa shape index (κ2) is 5.54. The van der Waals surface area contributed by atoms with Crippen LogP contribution in [0.5, 0.6) is 0 Å². The average Bonchev–Trinajstić information content (AvgIpc) is 2.38. The molecule has 2 rings (SSSR count). The number of rotatable bonds is 2. The Labute approximate surface area is 118 Å². The molecule has 19 heavy (non-hydrogen) atoms. The number of benzene rings is 1. The first kappa shape index (κ1) is 14.4. The Balaban J connectivity index is 1.96. The molecule has 0 amide bonds. The zero-order chi connectivity index (χ0) is 14.0. The third kappa shape index (κ3) is 3.50. The Bertz CT molecular complexity index is 394. The molecule has 1 aliphatic heterocycles. The fraction of sp³-hybridized carbons (Fsp3) is 0.647. The third-order valence-electron chi connectivity index (χ3n) is 4.72. The Morgan fingerprint density at radius 3 is 2.11 bits per heavy atom. The predicted molar refractivity (Wildman–Crippen MR) is 83.0 cm³/mol. The van der Waals surface area contributed by atoms with Crippen molar-refractivity contribution in [2.75, 3.05) is 18.8 Å². The summed E-state index contributed by atoms with van der Waals surface area (Å²) >= 11 is 0. The van der Waals surface area contributed by atoms with Gasteiger partial charge in [-0.05, 0) is 61.9 Å². The number of nitrogen functional groups attached to an aromatic ring is 1. The van der Waals surface area contributed by atoms with Crippen molar-refractivity contribution in [3.05, 3.63) is 29.8 Å². The molecule has 106 valence electrons. The van der Waals surface area contributed by atoms with Crippen molar-refractivity contribution in [1.82, 2.24) is 4.90 Å². The van der Waals surface area contributed by atoms with Crippen LogP contribution in [0.4, 0.5) is 5.69 Å². The van der Waals surface area contributed by atoms with Crippen LogP contribution in [-0.4, -0.2) is 18.0 Å². The first-order valence-corrected chi connectivity index (χ1v) is 7.47. The fourth-order valence-corrected chi connectivity index (χ4v) is 3.14. The van der Waals surface area contributed by atoms with Gasteiger partial charge in [0.1, 0.15) is 0 Å². The summed E-state index contributed by atoms with van der Waals surface area (Å²) in [5, 5.41) is 0. The van der Waals surface area contributed by atoms with Crippen molar-refractivity contribution in [3.63, 3.8) is 0 Å². The molecule has 1 aliphatic rings. The lowest BCUT2D eigenvalue weighted by atomic mass is 9.75. The topological polar surface area (TPSA) is 29.3 Å². The molecule has 2 N–H and O–H groups in total. The monoisotopic (exact) mass is 260 g/mol. The SMILES string of the molecule is CC(c1ccc(N)cc1)N1CCC(C(C)(C)C)CC1. The highest BCUT2D eigenvalue weighted by Crippen LogP contribution is 2.36. The number of nitrogens with two attached hydrogens (primary N) is 1. The summed E-state index contributed by atoms with van der Waals surface area (Å²) in [6.07, 6.45) is 2.64. The molecule has 1 heterocycles. The van der Waals surface area contributed by atoms with Gasteiger partial charge < -0.3 is 5.73 Å². The molecule has 0 aromatic heterocycles. The van der Waals surface area contributed by atoms with Crippen LogP contribution >= 0.6 is 0 Å². The van der Waals surface area contributed by atoms with Crippen LogP contribution < -0.4 is 5.73 Å². The molecular weight excluding hydrogens is 232 g/mol. The summed E-state index contributed by atoms with van der Waals surface area (Å²) in [6.45, 7) is 11.9. The van der Waals surface area contributed by atoms with E-state index < -0.39 is 0 Å². The van der Waals surface area contributed by atoms with E-state index in [9.17, 15) is 0 Å². The van der Waals surface area contributed by atoms with Gasteiger partial charge in [-0.2, -0.15) is 0 Å². The second-order valence-corrected chi connectivity index (χ2v) is 7.02. The summed E-state index contributed by atoms with van der Waals surface area (Å²) in [5.41, 5.74) is 8.44. The minimum Gasteiger partial charge on any atom is -0.399 e. The predicted octanol–water partition coefficient (Wildman–Crippen LogP) is 4.09. The number of piperidine rings is 1. The lowest BCUT2D eigenvalue weighted by molar-refractivity contribution is 0.0878. The molecule has 1 saturated heterocycles. The van der Waals surface area contributed by atoms with E-state index in [2.05, 4.69) is 44.7 Å². The Morgan fingerprint density at radius 2 is 1.63 bits per heavy atom. The molecule has 1 aromatic carbocycles. The van der Waals surface area contributed by atoms with Crippen molar-refractivity contribution in [2.24, 2.45) is 11.3 Å². The largest absolute Gasteiger partial charge is 0.399 e. The molecule has 1 fully saturated rings. The van der Waals surface area contributed by atoms with E-state index in [1.54, 1.807) is 0 Å². The van der Waals surface area contributed by atoms with Gasteiger partial charge in [0.2, 0.25) is 0 Å². The van der Waals surface area contributed by atoms with Crippen LogP contribution in [0.3, 0.4) is 0 Å². The van der Waals surface area contributed by atoms with Gasteiger partial charge in [-0.1, -0.05) is 32.9 Å². The van der Waals surface area contributed by atoms with Crippen LogP contribution in [0.1, 0.15) is 52.1 Å². The molecule has 0 aliphatic carbocycles. The zero-order valence-corrected chi connectivity index (χ0v) is 12.8. The van der Waals surface area contributed by atoms with Crippen LogP contribution in [0.15, 0.2) is 24.3 Å². The summed E-state index contributed by atoms with van der Waals surface area (Å²) in [4.78, 5) is 2.60. The number of anilines is 1. The van der Waals surface area contributed by atoms with Crippen molar-refractivity contribution in [1.29, 1.82) is 0 Å². The summed E-state index contributed by atoms with van der Waals surface area (Å²) < 4.78 is 0. The van der Waals surface area contributed by atoms with E-state index in [1.807, 2.05) is 12.1 Å². The summed E-state index contributed by atoms with van der Waals surface area (Å²) in [6, 6.07) is 8.84. The fourth-order valence-electron chi connectivity index (χ4n) is 3.14. The highest BCUT2D eigenvalue weighted by Gasteiger charge is 2.30. The number of hydrogen-bond acceptors (Lipinski definition) is 2. The summed E-state index contributed by atoms with van der Waals surface area (Å²) in [5.74, 6) is 0.863. The normalized spacial score (nSPS) is 20.4. The highest BCUT2D eigenvalue weighted by molar-refractivity contribution is 5.40. The van der Waals surface area contributed by atoms with Gasteiger partial charge in [-0.3, -0.25) is 4.90 Å². The van der Waals surface area contributed by atoms with Crippen LogP contribution in [-0.2, 0) is 0 Å². The molecule has 2 heteroatoms. The van der Waals surface area contributed by atoms with Gasteiger partial charge in [0.15, 0.2) is 0 Å². The molecule has 1 atom stereocenters. The minimum atomic E-state index is 0.455. The summed E-state index contributed by atoms with van der Waals surface area (Å²) in [7, 11) is 0. The van der Waals surface area contributed by atoms with E-state index in [0.717, 1.165) is 11.6 Å². The third-order valence-corrected chi connectivity index (χ3v) is 4.72. The molecule has 0 spiro atoms. The molecule has 0 saturated carbocycles. The zero-order valence-electron chi connectivity index (χ0n) is 12.8. The van der Waals surface area contributed by atoms with Crippen LogP contribution in [0.2, 0.25) is 0 Å². The maximum absolute atomic E-state index is 5.76. The highest BCUT2D eigenvalue weighted by atomic mass is 15.2. The van der Waals surface area contributed by atoms with Gasteiger partial charge in [0.25, 0.3) is 0 Å². The lowest BCUT2D eigenvalue weighted by Crippen LogP contribution is -2.39. The van der Waals surface area contributed by atoms with Gasteiger partial charge in [-0.15, -0.1) is 0 Å². The Morgan fingerprint density at radius 1 is 1.11 bits per heavy atom. The lowest BCUT2D eigenvalue weighted by Gasteiger charge is -2.41. The Kier molecular flexibility index (Phi) is 4.19. The van der Waals surface area contributed by atoms with E-state index >= 15 is 0 Å². The van der Waals surface area contributed by atoms with Gasteiger partial charge in [-0.25, -0.2) is 0 Å². The smallest absolute Gasteiger partial charge is 0.0319 e. The van der Waals surface area contributed by atoms with Gasteiger partial charge in [0, 0.05) is 11.7 Å². The molecule has 0 radical (unpaired) electrons. The first-order valence-electron chi connectivity index (χ1n) is 7.47. The quantitative estimate of drug-likeness (QED) is 0.812. The van der Waals surface area contributed by atoms with Gasteiger partial charge in [0.05, 0.1) is 0 Å². The molecular formula is C17H28N2. The molecule has 0 bridgehead atoms. The average molecular weight is 260 g/mol. The second-order valence-electron chi connectivity index (χ2n) is 7.02. The maximum atomic E-state index is 5.76. The van der Waals surface area contributed by atoms with Crippen molar-refractivity contribution < 1.29 is 0 Å². The van der Waals surface area contributed by atoms with E-state index in [-0.39, 0.29) is 0 Å². The number of hydrogen-bond donors (Lipinski definition) is 1. The number of likely N-dealkylation sites (tertiary alicyclic amines) is 1. The Hall–Kier alpha value is -1.02. The van der Waals surface area contributed by atoms with E-state index in [4.69, 9.17) is 5.73 Å². The van der Waals surface area contributed by atoms with Crippen LogP contribution in [0.25, 0.3) is 0 Å². The van der Waals surface area contributed by atoms with Gasteiger partial charge >= 0.3 is 0 Å². The van der Waals surface area contributed by atoms with Crippen molar-refractivity contribution in [2.45, 2.75) is 46.6 Å². The standard InChI is InChI=1S/C17H28N2/c1-13(14-5-7-16(18)8-6-14)19-11-9-15(10-12-19)17(2,3)4/h5-8,13,15H,9-12,18H2,1-4H3. The first-order chi connectivity index (χ1) is 8.88. The number of nitrogens with zero attached hydrogens (tertiary/aromatic N) is 1. The molecule has 2 nitrogen and oxygen atoms in total.